The van der Waals surface area contributed by atoms with E-state index in [1.807, 2.05) is 49.2 Å². The monoisotopic (exact) mass is 301 g/mol. The van der Waals surface area contributed by atoms with E-state index in [9.17, 15) is 4.79 Å². The van der Waals surface area contributed by atoms with Gasteiger partial charge in [-0.05, 0) is 32.0 Å². The first-order valence-corrected chi connectivity index (χ1v) is 7.99. The van der Waals surface area contributed by atoms with Crippen molar-refractivity contribution in [3.05, 3.63) is 45.8 Å². The SMILES string of the molecule is Cc1cc(C(=O)N2CCN(c3ccccn3)CC2)c(C)s1. The van der Waals surface area contributed by atoms with Crippen molar-refractivity contribution < 1.29 is 4.79 Å². The van der Waals surface area contributed by atoms with Crippen molar-refractivity contribution >= 4 is 23.1 Å². The maximum atomic E-state index is 12.6. The quantitative estimate of drug-likeness (QED) is 0.856. The van der Waals surface area contributed by atoms with Gasteiger partial charge >= 0.3 is 0 Å². The highest BCUT2D eigenvalue weighted by atomic mass is 32.1. The van der Waals surface area contributed by atoms with Crippen LogP contribution >= 0.6 is 11.3 Å². The van der Waals surface area contributed by atoms with Crippen LogP contribution in [0.4, 0.5) is 5.82 Å². The summed E-state index contributed by atoms with van der Waals surface area (Å²) in [6.07, 6.45) is 1.81. The fraction of sp³-hybridized carbons (Fsp3) is 0.375. The maximum absolute atomic E-state index is 12.6. The molecule has 3 heterocycles. The smallest absolute Gasteiger partial charge is 0.255 e. The molecule has 0 saturated carbocycles. The van der Waals surface area contributed by atoms with Crippen molar-refractivity contribution in [2.24, 2.45) is 0 Å². The Kier molecular flexibility index (Phi) is 3.92. The average molecular weight is 301 g/mol. The Balaban J connectivity index is 1.66. The van der Waals surface area contributed by atoms with E-state index in [1.54, 1.807) is 11.3 Å². The van der Waals surface area contributed by atoms with Gasteiger partial charge in [0.2, 0.25) is 0 Å². The molecular formula is C16H19N3OS. The minimum atomic E-state index is 0.164. The third kappa shape index (κ3) is 2.93. The molecule has 2 aromatic rings. The molecule has 0 bridgehead atoms. The van der Waals surface area contributed by atoms with E-state index in [0.717, 1.165) is 42.4 Å². The van der Waals surface area contributed by atoms with Crippen molar-refractivity contribution in [2.75, 3.05) is 31.1 Å². The van der Waals surface area contributed by atoms with Gasteiger partial charge in [-0.25, -0.2) is 4.98 Å². The van der Waals surface area contributed by atoms with Crippen molar-refractivity contribution in [2.45, 2.75) is 13.8 Å². The molecule has 0 unspecified atom stereocenters. The molecule has 3 rings (SSSR count). The number of carbonyl (C=O) groups excluding carboxylic acids is 1. The first-order valence-electron chi connectivity index (χ1n) is 7.17. The zero-order chi connectivity index (χ0) is 14.8. The Hall–Kier alpha value is -1.88. The summed E-state index contributed by atoms with van der Waals surface area (Å²) in [7, 11) is 0. The summed E-state index contributed by atoms with van der Waals surface area (Å²) in [5.41, 5.74) is 0.865. The summed E-state index contributed by atoms with van der Waals surface area (Å²) in [6.45, 7) is 7.26. The van der Waals surface area contributed by atoms with Crippen LogP contribution in [0.2, 0.25) is 0 Å². The van der Waals surface area contributed by atoms with Gasteiger partial charge < -0.3 is 9.80 Å². The van der Waals surface area contributed by atoms with Crippen LogP contribution in [0.5, 0.6) is 0 Å². The van der Waals surface area contributed by atoms with Crippen molar-refractivity contribution in [1.82, 2.24) is 9.88 Å². The molecule has 110 valence electrons. The molecule has 2 aromatic heterocycles. The number of aryl methyl sites for hydroxylation is 2. The topological polar surface area (TPSA) is 36.4 Å². The van der Waals surface area contributed by atoms with E-state index in [-0.39, 0.29) is 5.91 Å². The van der Waals surface area contributed by atoms with Gasteiger partial charge in [0, 0.05) is 42.1 Å². The Labute approximate surface area is 129 Å². The highest BCUT2D eigenvalue weighted by molar-refractivity contribution is 7.12. The van der Waals surface area contributed by atoms with Gasteiger partial charge in [0.1, 0.15) is 5.82 Å². The molecule has 0 spiro atoms. The highest BCUT2D eigenvalue weighted by Gasteiger charge is 2.24. The second-order valence-corrected chi connectivity index (χ2v) is 6.75. The molecule has 0 N–H and O–H groups in total. The first-order chi connectivity index (χ1) is 10.1. The summed E-state index contributed by atoms with van der Waals surface area (Å²) in [6, 6.07) is 7.94. The van der Waals surface area contributed by atoms with E-state index < -0.39 is 0 Å². The molecular weight excluding hydrogens is 282 g/mol. The minimum Gasteiger partial charge on any atom is -0.353 e. The van der Waals surface area contributed by atoms with E-state index in [1.165, 1.54) is 4.88 Å². The van der Waals surface area contributed by atoms with Gasteiger partial charge in [-0.2, -0.15) is 0 Å². The van der Waals surface area contributed by atoms with Crippen LogP contribution in [0, 0.1) is 13.8 Å². The molecule has 0 aliphatic carbocycles. The third-order valence-corrected chi connectivity index (χ3v) is 4.78. The number of hydrogen-bond donors (Lipinski definition) is 0. The number of rotatable bonds is 2. The Morgan fingerprint density at radius 2 is 1.95 bits per heavy atom. The van der Waals surface area contributed by atoms with Crippen LogP contribution in [0.25, 0.3) is 0 Å². The lowest BCUT2D eigenvalue weighted by molar-refractivity contribution is 0.0746. The minimum absolute atomic E-state index is 0.164. The number of pyridine rings is 1. The molecule has 0 radical (unpaired) electrons. The number of piperazine rings is 1. The summed E-state index contributed by atoms with van der Waals surface area (Å²) in [4.78, 5) is 23.4. The predicted octanol–water partition coefficient (Wildman–Crippen LogP) is 2.72. The Bertz CT molecular complexity index is 630. The lowest BCUT2D eigenvalue weighted by atomic mass is 10.2. The Morgan fingerprint density at radius 1 is 1.19 bits per heavy atom. The fourth-order valence-corrected chi connectivity index (χ4v) is 3.61. The molecule has 0 atom stereocenters. The van der Waals surface area contributed by atoms with Gasteiger partial charge in [-0.3, -0.25) is 4.79 Å². The first kappa shape index (κ1) is 14.1. The van der Waals surface area contributed by atoms with Gasteiger partial charge in [-0.1, -0.05) is 6.07 Å². The predicted molar refractivity (Wildman–Crippen MR) is 86.1 cm³/mol. The van der Waals surface area contributed by atoms with Gasteiger partial charge in [0.25, 0.3) is 5.91 Å². The molecule has 1 amide bonds. The number of amides is 1. The number of aromatic nitrogens is 1. The summed E-state index contributed by atoms with van der Waals surface area (Å²) >= 11 is 1.69. The summed E-state index contributed by atoms with van der Waals surface area (Å²) in [5, 5.41) is 0. The fourth-order valence-electron chi connectivity index (χ4n) is 2.69. The number of carbonyl (C=O) groups is 1. The lowest BCUT2D eigenvalue weighted by Gasteiger charge is -2.35. The summed E-state index contributed by atoms with van der Waals surface area (Å²) in [5.74, 6) is 1.16. The largest absolute Gasteiger partial charge is 0.353 e. The number of anilines is 1. The van der Waals surface area contributed by atoms with Gasteiger partial charge in [-0.15, -0.1) is 11.3 Å². The van der Waals surface area contributed by atoms with Gasteiger partial charge in [0.05, 0.1) is 5.56 Å². The Morgan fingerprint density at radius 3 is 2.52 bits per heavy atom. The van der Waals surface area contributed by atoms with Crippen molar-refractivity contribution in [3.63, 3.8) is 0 Å². The third-order valence-electron chi connectivity index (χ3n) is 3.81. The maximum Gasteiger partial charge on any atom is 0.255 e. The van der Waals surface area contributed by atoms with E-state index in [4.69, 9.17) is 0 Å². The molecule has 5 heteroatoms. The standard InChI is InChI=1S/C16H19N3OS/c1-12-11-14(13(2)21-12)16(20)19-9-7-18(8-10-19)15-5-3-4-6-17-15/h3-6,11H,7-10H2,1-2H3. The second-order valence-electron chi connectivity index (χ2n) is 5.29. The second kappa shape index (κ2) is 5.85. The highest BCUT2D eigenvalue weighted by Crippen LogP contribution is 2.23. The molecule has 1 aliphatic heterocycles. The van der Waals surface area contributed by atoms with E-state index >= 15 is 0 Å². The lowest BCUT2D eigenvalue weighted by Crippen LogP contribution is -2.49. The van der Waals surface area contributed by atoms with Gasteiger partial charge in [0.15, 0.2) is 0 Å². The van der Waals surface area contributed by atoms with Crippen LogP contribution in [-0.2, 0) is 0 Å². The number of hydrogen-bond acceptors (Lipinski definition) is 4. The zero-order valence-corrected chi connectivity index (χ0v) is 13.2. The van der Waals surface area contributed by atoms with E-state index in [2.05, 4.69) is 9.88 Å². The number of thiophene rings is 1. The zero-order valence-electron chi connectivity index (χ0n) is 12.4. The molecule has 1 saturated heterocycles. The van der Waals surface area contributed by atoms with Crippen molar-refractivity contribution in [3.8, 4) is 0 Å². The van der Waals surface area contributed by atoms with Crippen LogP contribution in [-0.4, -0.2) is 42.0 Å². The molecule has 21 heavy (non-hydrogen) atoms. The van der Waals surface area contributed by atoms with Crippen LogP contribution < -0.4 is 4.90 Å². The summed E-state index contributed by atoms with van der Waals surface area (Å²) < 4.78 is 0. The normalized spacial score (nSPS) is 15.3. The average Bonchev–Trinajstić information content (AvgIpc) is 2.86. The van der Waals surface area contributed by atoms with Crippen LogP contribution in [0.1, 0.15) is 20.1 Å². The molecule has 0 aromatic carbocycles. The van der Waals surface area contributed by atoms with Crippen LogP contribution in [0.15, 0.2) is 30.5 Å². The molecule has 1 fully saturated rings. The van der Waals surface area contributed by atoms with E-state index in [0.29, 0.717) is 0 Å². The van der Waals surface area contributed by atoms with Crippen LogP contribution in [0.3, 0.4) is 0 Å². The van der Waals surface area contributed by atoms with Crippen molar-refractivity contribution in [1.29, 1.82) is 0 Å². The molecule has 1 aliphatic rings. The number of nitrogens with zero attached hydrogens (tertiary/aromatic N) is 3. The molecule has 4 nitrogen and oxygen atoms in total.